The van der Waals surface area contributed by atoms with Gasteiger partial charge in [0.2, 0.25) is 0 Å². The van der Waals surface area contributed by atoms with Gasteiger partial charge in [-0.15, -0.1) is 0 Å². The van der Waals surface area contributed by atoms with Crippen molar-refractivity contribution in [3.63, 3.8) is 0 Å². The van der Waals surface area contributed by atoms with E-state index in [0.717, 1.165) is 25.5 Å². The van der Waals surface area contributed by atoms with Crippen molar-refractivity contribution < 1.29 is 0 Å². The van der Waals surface area contributed by atoms with Crippen molar-refractivity contribution in [2.45, 2.75) is 54.3 Å². The SMILES string of the molecule is Cc1cc(NCc2ccnn2CC(C)C)nn1CC(C)C. The number of nitrogens with one attached hydrogen (secondary N) is 1. The molecule has 2 heterocycles. The number of aromatic nitrogens is 4. The van der Waals surface area contributed by atoms with Crippen LogP contribution < -0.4 is 5.32 Å². The van der Waals surface area contributed by atoms with Gasteiger partial charge in [-0.25, -0.2) is 0 Å². The third-order valence-electron chi connectivity index (χ3n) is 3.31. The largest absolute Gasteiger partial charge is 0.363 e. The van der Waals surface area contributed by atoms with Crippen LogP contribution in [0.3, 0.4) is 0 Å². The molecule has 0 atom stereocenters. The van der Waals surface area contributed by atoms with Crippen LogP contribution in [0.4, 0.5) is 5.82 Å². The van der Waals surface area contributed by atoms with Crippen molar-refractivity contribution in [3.8, 4) is 0 Å². The Hall–Kier alpha value is -1.78. The smallest absolute Gasteiger partial charge is 0.148 e. The van der Waals surface area contributed by atoms with Gasteiger partial charge in [-0.3, -0.25) is 9.36 Å². The summed E-state index contributed by atoms with van der Waals surface area (Å²) in [6, 6.07) is 4.17. The predicted molar refractivity (Wildman–Crippen MR) is 86.2 cm³/mol. The molecule has 0 aliphatic carbocycles. The van der Waals surface area contributed by atoms with E-state index in [9.17, 15) is 0 Å². The lowest BCUT2D eigenvalue weighted by atomic mass is 10.2. The van der Waals surface area contributed by atoms with Crippen LogP contribution in [0, 0.1) is 18.8 Å². The van der Waals surface area contributed by atoms with E-state index in [1.54, 1.807) is 0 Å². The first-order valence-corrected chi connectivity index (χ1v) is 7.74. The molecule has 0 saturated carbocycles. The zero-order chi connectivity index (χ0) is 15.4. The summed E-state index contributed by atoms with van der Waals surface area (Å²) in [5.74, 6) is 2.13. The summed E-state index contributed by atoms with van der Waals surface area (Å²) in [6.45, 7) is 13.6. The highest BCUT2D eigenvalue weighted by Gasteiger charge is 2.08. The van der Waals surface area contributed by atoms with Gasteiger partial charge in [0.1, 0.15) is 5.82 Å². The molecule has 0 fully saturated rings. The fourth-order valence-corrected chi connectivity index (χ4v) is 2.33. The van der Waals surface area contributed by atoms with Gasteiger partial charge in [0, 0.05) is 31.0 Å². The van der Waals surface area contributed by atoms with Gasteiger partial charge in [-0.2, -0.15) is 10.2 Å². The number of rotatable bonds is 7. The predicted octanol–water partition coefficient (Wildman–Crippen LogP) is 3.31. The first-order chi connectivity index (χ1) is 9.95. The Kier molecular flexibility index (Phi) is 5.04. The molecule has 5 heteroatoms. The summed E-state index contributed by atoms with van der Waals surface area (Å²) in [4.78, 5) is 0. The highest BCUT2D eigenvalue weighted by molar-refractivity contribution is 5.36. The molecule has 2 aromatic heterocycles. The molecule has 5 nitrogen and oxygen atoms in total. The molecule has 0 spiro atoms. The maximum absolute atomic E-state index is 4.62. The molecule has 0 amide bonds. The second-order valence-corrected chi connectivity index (χ2v) is 6.50. The Morgan fingerprint density at radius 2 is 1.76 bits per heavy atom. The molecule has 1 N–H and O–H groups in total. The van der Waals surface area contributed by atoms with E-state index in [1.165, 1.54) is 11.4 Å². The van der Waals surface area contributed by atoms with Crippen molar-refractivity contribution in [2.24, 2.45) is 11.8 Å². The van der Waals surface area contributed by atoms with E-state index in [-0.39, 0.29) is 0 Å². The van der Waals surface area contributed by atoms with Crippen molar-refractivity contribution in [2.75, 3.05) is 5.32 Å². The van der Waals surface area contributed by atoms with E-state index in [2.05, 4.69) is 71.6 Å². The average Bonchev–Trinajstić information content (AvgIpc) is 2.93. The maximum atomic E-state index is 4.62. The molecule has 0 saturated heterocycles. The van der Waals surface area contributed by atoms with Crippen molar-refractivity contribution in [1.82, 2.24) is 19.6 Å². The Labute approximate surface area is 127 Å². The molecular weight excluding hydrogens is 262 g/mol. The third kappa shape index (κ3) is 4.34. The van der Waals surface area contributed by atoms with E-state index in [0.29, 0.717) is 11.8 Å². The van der Waals surface area contributed by atoms with Gasteiger partial charge < -0.3 is 5.32 Å². The molecule has 0 aliphatic heterocycles. The van der Waals surface area contributed by atoms with Crippen LogP contribution in [0.15, 0.2) is 18.3 Å². The lowest BCUT2D eigenvalue weighted by Crippen LogP contribution is -2.13. The molecule has 116 valence electrons. The van der Waals surface area contributed by atoms with E-state index in [4.69, 9.17) is 0 Å². The number of anilines is 1. The highest BCUT2D eigenvalue weighted by Crippen LogP contribution is 2.12. The molecule has 0 bridgehead atoms. The summed E-state index contributed by atoms with van der Waals surface area (Å²) >= 11 is 0. The van der Waals surface area contributed by atoms with E-state index in [1.807, 2.05) is 6.20 Å². The molecule has 0 unspecified atom stereocenters. The van der Waals surface area contributed by atoms with Crippen LogP contribution in [-0.4, -0.2) is 19.6 Å². The van der Waals surface area contributed by atoms with Gasteiger partial charge in [0.15, 0.2) is 0 Å². The average molecular weight is 289 g/mol. The van der Waals surface area contributed by atoms with E-state index >= 15 is 0 Å². The fourth-order valence-electron chi connectivity index (χ4n) is 2.33. The Balaban J connectivity index is 1.98. The standard InChI is InChI=1S/C16H27N5/c1-12(2)10-20-14(5)8-16(19-20)17-9-15-6-7-18-21(15)11-13(3)4/h6-8,12-13H,9-11H2,1-5H3,(H,17,19). The number of aryl methyl sites for hydroxylation is 1. The van der Waals surface area contributed by atoms with Crippen molar-refractivity contribution >= 4 is 5.82 Å². The van der Waals surface area contributed by atoms with Crippen LogP contribution in [-0.2, 0) is 19.6 Å². The van der Waals surface area contributed by atoms with Crippen LogP contribution in [0.1, 0.15) is 39.1 Å². The van der Waals surface area contributed by atoms with Gasteiger partial charge in [0.25, 0.3) is 0 Å². The molecule has 0 aliphatic rings. The Bertz CT molecular complexity index is 565. The summed E-state index contributed by atoms with van der Waals surface area (Å²) in [6.07, 6.45) is 1.86. The summed E-state index contributed by atoms with van der Waals surface area (Å²) < 4.78 is 4.13. The number of hydrogen-bond donors (Lipinski definition) is 1. The number of hydrogen-bond acceptors (Lipinski definition) is 3. The van der Waals surface area contributed by atoms with Crippen LogP contribution >= 0.6 is 0 Å². The monoisotopic (exact) mass is 289 g/mol. The van der Waals surface area contributed by atoms with Gasteiger partial charge >= 0.3 is 0 Å². The van der Waals surface area contributed by atoms with E-state index < -0.39 is 0 Å². The lowest BCUT2D eigenvalue weighted by Gasteiger charge is -2.10. The molecule has 2 aromatic rings. The van der Waals surface area contributed by atoms with Crippen molar-refractivity contribution in [1.29, 1.82) is 0 Å². The van der Waals surface area contributed by atoms with Crippen LogP contribution in [0.5, 0.6) is 0 Å². The third-order valence-corrected chi connectivity index (χ3v) is 3.31. The maximum Gasteiger partial charge on any atom is 0.148 e. The van der Waals surface area contributed by atoms with Crippen LogP contribution in [0.2, 0.25) is 0 Å². The van der Waals surface area contributed by atoms with Crippen LogP contribution in [0.25, 0.3) is 0 Å². The minimum absolute atomic E-state index is 0.594. The molecule has 2 rings (SSSR count). The summed E-state index contributed by atoms with van der Waals surface area (Å²) in [5, 5.41) is 12.4. The molecule has 21 heavy (non-hydrogen) atoms. The molecule has 0 aromatic carbocycles. The fraction of sp³-hybridized carbons (Fsp3) is 0.625. The highest BCUT2D eigenvalue weighted by atomic mass is 15.3. The Morgan fingerprint density at radius 3 is 2.43 bits per heavy atom. The topological polar surface area (TPSA) is 47.7 Å². The normalized spacial score (nSPS) is 11.6. The Morgan fingerprint density at radius 1 is 1.10 bits per heavy atom. The lowest BCUT2D eigenvalue weighted by molar-refractivity contribution is 0.469. The minimum Gasteiger partial charge on any atom is -0.363 e. The summed E-state index contributed by atoms with van der Waals surface area (Å²) in [5.41, 5.74) is 2.39. The van der Waals surface area contributed by atoms with Crippen molar-refractivity contribution in [3.05, 3.63) is 29.7 Å². The second-order valence-electron chi connectivity index (χ2n) is 6.50. The van der Waals surface area contributed by atoms with Gasteiger partial charge in [0.05, 0.1) is 12.2 Å². The van der Waals surface area contributed by atoms with Gasteiger partial charge in [-0.05, 0) is 24.8 Å². The molecular formula is C16H27N5. The molecule has 0 radical (unpaired) electrons. The number of nitrogens with zero attached hydrogens (tertiary/aromatic N) is 4. The zero-order valence-electron chi connectivity index (χ0n) is 13.8. The minimum atomic E-state index is 0.594. The quantitative estimate of drug-likeness (QED) is 0.850. The summed E-state index contributed by atoms with van der Waals surface area (Å²) in [7, 11) is 0. The first-order valence-electron chi connectivity index (χ1n) is 7.74. The second kappa shape index (κ2) is 6.78. The zero-order valence-corrected chi connectivity index (χ0v) is 13.8. The first kappa shape index (κ1) is 15.6. The van der Waals surface area contributed by atoms with Gasteiger partial charge in [-0.1, -0.05) is 27.7 Å².